The highest BCUT2D eigenvalue weighted by Crippen LogP contribution is 2.17. The first-order valence-electron chi connectivity index (χ1n) is 3.12. The second kappa shape index (κ2) is 3.08. The highest BCUT2D eigenvalue weighted by molar-refractivity contribution is 7.93. The molecule has 1 N–H and O–H groups in total. The van der Waals surface area contributed by atoms with Crippen LogP contribution < -0.4 is 0 Å². The van der Waals surface area contributed by atoms with Crippen molar-refractivity contribution < 1.29 is 4.55 Å². The van der Waals surface area contributed by atoms with Crippen LogP contribution in [0, 0.1) is 13.8 Å². The van der Waals surface area contributed by atoms with Gasteiger partial charge in [0.25, 0.3) is 0 Å². The molecule has 10 heavy (non-hydrogen) atoms. The predicted octanol–water partition coefficient (Wildman–Crippen LogP) is 2.87. The lowest BCUT2D eigenvalue weighted by molar-refractivity contribution is 0.663. The fraction of sp³-hybridized carbons (Fsp3) is 0.250. The Morgan fingerprint density at radius 2 is 1.60 bits per heavy atom. The van der Waals surface area contributed by atoms with Gasteiger partial charge in [0.05, 0.1) is 0 Å². The molecule has 0 heterocycles. The summed E-state index contributed by atoms with van der Waals surface area (Å²) in [5.74, 6) is 0. The van der Waals surface area contributed by atoms with Crippen LogP contribution in [-0.2, 0) is 0 Å². The third-order valence-electron chi connectivity index (χ3n) is 1.30. The highest BCUT2D eigenvalue weighted by atomic mass is 32.2. The summed E-state index contributed by atoms with van der Waals surface area (Å²) in [6, 6.07) is 6.00. The number of hydrogen-bond acceptors (Lipinski definition) is 2. The van der Waals surface area contributed by atoms with E-state index in [1.165, 1.54) is 11.1 Å². The van der Waals surface area contributed by atoms with Gasteiger partial charge in [0.2, 0.25) is 0 Å². The number of rotatable bonds is 1. The van der Waals surface area contributed by atoms with Crippen molar-refractivity contribution in [3.05, 3.63) is 29.3 Å². The molecule has 1 aromatic carbocycles. The molecule has 0 unspecified atom stereocenters. The lowest BCUT2D eigenvalue weighted by Gasteiger charge is -1.98. The zero-order valence-corrected chi connectivity index (χ0v) is 6.90. The number of hydrogen-bond donors (Lipinski definition) is 1. The Hall–Kier alpha value is -0.470. The first kappa shape index (κ1) is 7.63. The summed E-state index contributed by atoms with van der Waals surface area (Å²) >= 11 is 0.797. The summed E-state index contributed by atoms with van der Waals surface area (Å²) < 4.78 is 8.70. The van der Waals surface area contributed by atoms with Crippen LogP contribution in [-0.4, -0.2) is 4.55 Å². The minimum Gasteiger partial charge on any atom is -0.325 e. The third kappa shape index (κ3) is 1.75. The van der Waals surface area contributed by atoms with Crippen LogP contribution in [0.25, 0.3) is 0 Å². The summed E-state index contributed by atoms with van der Waals surface area (Å²) in [6.07, 6.45) is 0. The maximum absolute atomic E-state index is 8.70. The fourth-order valence-corrected chi connectivity index (χ4v) is 1.46. The van der Waals surface area contributed by atoms with Gasteiger partial charge in [0.1, 0.15) is 0 Å². The maximum Gasteiger partial charge on any atom is 0.0356 e. The zero-order chi connectivity index (χ0) is 7.56. The van der Waals surface area contributed by atoms with Gasteiger partial charge in [-0.2, -0.15) is 0 Å². The van der Waals surface area contributed by atoms with Crippen LogP contribution in [0.1, 0.15) is 11.1 Å². The van der Waals surface area contributed by atoms with E-state index in [0.717, 1.165) is 16.9 Å². The molecule has 0 atom stereocenters. The van der Waals surface area contributed by atoms with Crippen molar-refractivity contribution in [2.24, 2.45) is 0 Å². The third-order valence-corrected chi connectivity index (χ3v) is 1.75. The maximum atomic E-state index is 8.70. The van der Waals surface area contributed by atoms with E-state index in [9.17, 15) is 0 Å². The molecule has 54 valence electrons. The molecule has 0 saturated heterocycles. The van der Waals surface area contributed by atoms with E-state index in [2.05, 4.69) is 6.07 Å². The smallest absolute Gasteiger partial charge is 0.0356 e. The fourth-order valence-electron chi connectivity index (χ4n) is 0.986. The SMILES string of the molecule is Cc1cc(C)cc(SO)c1. The molecule has 0 spiro atoms. The molecular formula is C8H10OS. The molecular weight excluding hydrogens is 144 g/mol. The molecule has 2 heteroatoms. The van der Waals surface area contributed by atoms with Crippen molar-refractivity contribution in [1.82, 2.24) is 0 Å². The van der Waals surface area contributed by atoms with Gasteiger partial charge in [0.15, 0.2) is 0 Å². The molecule has 0 saturated carbocycles. The largest absolute Gasteiger partial charge is 0.325 e. The molecule has 0 amide bonds. The predicted molar refractivity (Wildman–Crippen MR) is 44.4 cm³/mol. The normalized spacial score (nSPS) is 9.90. The van der Waals surface area contributed by atoms with Crippen LogP contribution in [0.3, 0.4) is 0 Å². The van der Waals surface area contributed by atoms with Gasteiger partial charge in [-0.1, -0.05) is 6.07 Å². The minimum absolute atomic E-state index is 0.797. The molecule has 0 radical (unpaired) electrons. The van der Waals surface area contributed by atoms with Crippen LogP contribution in [0.4, 0.5) is 0 Å². The van der Waals surface area contributed by atoms with E-state index in [4.69, 9.17) is 4.55 Å². The average molecular weight is 154 g/mol. The van der Waals surface area contributed by atoms with Gasteiger partial charge in [-0.05, 0) is 37.1 Å². The number of aryl methyl sites for hydroxylation is 2. The molecule has 1 nitrogen and oxygen atoms in total. The second-order valence-corrected chi connectivity index (χ2v) is 3.07. The van der Waals surface area contributed by atoms with Crippen LogP contribution in [0.15, 0.2) is 23.1 Å². The van der Waals surface area contributed by atoms with Crippen molar-refractivity contribution in [2.45, 2.75) is 18.7 Å². The van der Waals surface area contributed by atoms with E-state index < -0.39 is 0 Å². The Labute approximate surface area is 65.3 Å². The first-order valence-corrected chi connectivity index (χ1v) is 3.89. The summed E-state index contributed by atoms with van der Waals surface area (Å²) in [4.78, 5) is 0.914. The van der Waals surface area contributed by atoms with Crippen molar-refractivity contribution >= 4 is 12.0 Å². The van der Waals surface area contributed by atoms with E-state index >= 15 is 0 Å². The van der Waals surface area contributed by atoms with Gasteiger partial charge >= 0.3 is 0 Å². The van der Waals surface area contributed by atoms with E-state index in [0.29, 0.717) is 0 Å². The summed E-state index contributed by atoms with van der Waals surface area (Å²) in [5, 5.41) is 0. The van der Waals surface area contributed by atoms with E-state index in [1.807, 2.05) is 26.0 Å². The Morgan fingerprint density at radius 3 is 2.00 bits per heavy atom. The lowest BCUT2D eigenvalue weighted by Crippen LogP contribution is -1.77. The molecule has 1 rings (SSSR count). The van der Waals surface area contributed by atoms with E-state index in [1.54, 1.807) is 0 Å². The van der Waals surface area contributed by atoms with E-state index in [-0.39, 0.29) is 0 Å². The molecule has 0 aliphatic rings. The van der Waals surface area contributed by atoms with Gasteiger partial charge in [-0.3, -0.25) is 0 Å². The summed E-state index contributed by atoms with van der Waals surface area (Å²) in [7, 11) is 0. The highest BCUT2D eigenvalue weighted by Gasteiger charge is 1.93. The Bertz CT molecular complexity index is 212. The Morgan fingerprint density at radius 1 is 1.10 bits per heavy atom. The lowest BCUT2D eigenvalue weighted by atomic mass is 10.2. The number of benzene rings is 1. The van der Waals surface area contributed by atoms with Gasteiger partial charge < -0.3 is 4.55 Å². The second-order valence-electron chi connectivity index (χ2n) is 2.41. The molecule has 0 fully saturated rings. The topological polar surface area (TPSA) is 20.2 Å². The molecule has 0 bridgehead atoms. The van der Waals surface area contributed by atoms with Crippen molar-refractivity contribution in [2.75, 3.05) is 0 Å². The standard InChI is InChI=1S/C8H10OS/c1-6-3-7(2)5-8(4-6)10-9/h3-5,9H,1-2H3. The van der Waals surface area contributed by atoms with Crippen molar-refractivity contribution in [3.63, 3.8) is 0 Å². The quantitative estimate of drug-likeness (QED) is 0.628. The zero-order valence-electron chi connectivity index (χ0n) is 6.09. The summed E-state index contributed by atoms with van der Waals surface area (Å²) in [5.41, 5.74) is 2.38. The van der Waals surface area contributed by atoms with Gasteiger partial charge in [0, 0.05) is 16.9 Å². The van der Waals surface area contributed by atoms with Crippen molar-refractivity contribution in [1.29, 1.82) is 0 Å². The summed E-state index contributed by atoms with van der Waals surface area (Å²) in [6.45, 7) is 4.04. The first-order chi connectivity index (χ1) is 4.72. The van der Waals surface area contributed by atoms with Crippen LogP contribution in [0.5, 0.6) is 0 Å². The van der Waals surface area contributed by atoms with Gasteiger partial charge in [-0.15, -0.1) is 0 Å². The molecule has 0 aliphatic carbocycles. The molecule has 1 aromatic rings. The monoisotopic (exact) mass is 154 g/mol. The van der Waals surface area contributed by atoms with Crippen LogP contribution in [0.2, 0.25) is 0 Å². The van der Waals surface area contributed by atoms with Gasteiger partial charge in [-0.25, -0.2) is 0 Å². The molecule has 0 aromatic heterocycles. The minimum atomic E-state index is 0.797. The van der Waals surface area contributed by atoms with Crippen LogP contribution >= 0.6 is 12.0 Å². The Balaban J connectivity index is 3.06. The molecule has 0 aliphatic heterocycles. The van der Waals surface area contributed by atoms with Crippen molar-refractivity contribution in [3.8, 4) is 0 Å². The average Bonchev–Trinajstić information content (AvgIpc) is 1.85. The Kier molecular flexibility index (Phi) is 2.35.